The van der Waals surface area contributed by atoms with Gasteiger partial charge in [0.25, 0.3) is 0 Å². The molecule has 1 heterocycles. The summed E-state index contributed by atoms with van der Waals surface area (Å²) < 4.78 is 7.41. The minimum Gasteiger partial charge on any atom is -0.496 e. The number of methoxy groups -OCH3 is 1. The van der Waals surface area contributed by atoms with E-state index in [0.29, 0.717) is 13.1 Å². The second-order valence-corrected chi connectivity index (χ2v) is 6.29. The number of ether oxygens (including phenoxy) is 1. The summed E-state index contributed by atoms with van der Waals surface area (Å²) in [5.74, 6) is 2.46. The molecule has 2 aromatic carbocycles. The Hall–Kier alpha value is -3.35. The van der Waals surface area contributed by atoms with Crippen LogP contribution in [0.15, 0.2) is 65.9 Å². The molecule has 0 aliphatic heterocycles. The van der Waals surface area contributed by atoms with Crippen molar-refractivity contribution < 1.29 is 4.74 Å². The van der Waals surface area contributed by atoms with E-state index < -0.39 is 0 Å². The lowest BCUT2D eigenvalue weighted by Crippen LogP contribution is -2.38. The molecular weight excluding hydrogens is 352 g/mol. The summed E-state index contributed by atoms with van der Waals surface area (Å²) in [5, 5.41) is 11.6. The molecule has 3 aromatic rings. The molecule has 146 valence electrons. The van der Waals surface area contributed by atoms with Gasteiger partial charge in [-0.25, -0.2) is 4.99 Å². The van der Waals surface area contributed by atoms with Crippen LogP contribution in [-0.4, -0.2) is 46.3 Å². The van der Waals surface area contributed by atoms with E-state index in [2.05, 4.69) is 33.4 Å². The first kappa shape index (κ1) is 19.4. The molecule has 0 unspecified atom stereocenters. The number of benzene rings is 2. The van der Waals surface area contributed by atoms with Crippen LogP contribution in [0.4, 0.5) is 0 Å². The minimum atomic E-state index is 0.424. The van der Waals surface area contributed by atoms with Crippen LogP contribution in [-0.2, 0) is 13.1 Å². The molecule has 1 aromatic heterocycles. The van der Waals surface area contributed by atoms with Crippen molar-refractivity contribution in [2.24, 2.45) is 4.99 Å². The number of nitrogens with one attached hydrogen (secondary N) is 1. The Bertz CT molecular complexity index is 906. The summed E-state index contributed by atoms with van der Waals surface area (Å²) in [4.78, 5) is 6.83. The molecule has 1 N–H and O–H groups in total. The number of aliphatic imine (C=N–C) groups is 1. The van der Waals surface area contributed by atoms with Gasteiger partial charge in [-0.15, -0.1) is 10.2 Å². The van der Waals surface area contributed by atoms with Crippen molar-refractivity contribution >= 4 is 5.96 Å². The molecule has 0 spiro atoms. The first-order valence-corrected chi connectivity index (χ1v) is 9.28. The molecule has 7 heteroatoms. The van der Waals surface area contributed by atoms with Gasteiger partial charge in [-0.3, -0.25) is 4.57 Å². The van der Waals surface area contributed by atoms with Crippen molar-refractivity contribution in [3.63, 3.8) is 0 Å². The molecule has 0 fully saturated rings. The highest BCUT2D eigenvalue weighted by Crippen LogP contribution is 2.19. The molecule has 0 radical (unpaired) electrons. The van der Waals surface area contributed by atoms with Gasteiger partial charge in [0, 0.05) is 31.4 Å². The standard InChI is InChI=1S/C21H26N6O/c1-4-22-21(26(2)15-17-10-8-9-13-19(17)28-3)23-14-20-25-24-16-27(20)18-11-6-5-7-12-18/h5-13,16H,4,14-15H2,1-3H3,(H,22,23). The van der Waals surface area contributed by atoms with E-state index in [-0.39, 0.29) is 0 Å². The van der Waals surface area contributed by atoms with Gasteiger partial charge >= 0.3 is 0 Å². The van der Waals surface area contributed by atoms with Gasteiger partial charge in [-0.1, -0.05) is 36.4 Å². The number of rotatable bonds is 7. The van der Waals surface area contributed by atoms with Crippen molar-refractivity contribution in [3.05, 3.63) is 72.3 Å². The average Bonchev–Trinajstić information content (AvgIpc) is 3.20. The summed E-state index contributed by atoms with van der Waals surface area (Å²) in [6.07, 6.45) is 1.71. The number of hydrogen-bond donors (Lipinski definition) is 1. The number of guanidine groups is 1. The van der Waals surface area contributed by atoms with Crippen LogP contribution in [0.5, 0.6) is 5.75 Å². The Kier molecular flexibility index (Phi) is 6.62. The molecule has 0 saturated heterocycles. The zero-order chi connectivity index (χ0) is 19.8. The van der Waals surface area contributed by atoms with Gasteiger partial charge in [-0.2, -0.15) is 0 Å². The molecule has 7 nitrogen and oxygen atoms in total. The highest BCUT2D eigenvalue weighted by molar-refractivity contribution is 5.79. The maximum Gasteiger partial charge on any atom is 0.194 e. The topological polar surface area (TPSA) is 67.6 Å². The second-order valence-electron chi connectivity index (χ2n) is 6.29. The SMILES string of the molecule is CCNC(=NCc1nncn1-c1ccccc1)N(C)Cc1ccccc1OC. The fraction of sp³-hybridized carbons (Fsp3) is 0.286. The Labute approximate surface area is 165 Å². The number of hydrogen-bond acceptors (Lipinski definition) is 4. The first-order chi connectivity index (χ1) is 13.7. The van der Waals surface area contributed by atoms with Crippen LogP contribution in [0.3, 0.4) is 0 Å². The third kappa shape index (κ3) is 4.68. The van der Waals surface area contributed by atoms with Crippen LogP contribution in [0, 0.1) is 0 Å². The van der Waals surface area contributed by atoms with Crippen molar-refractivity contribution in [1.82, 2.24) is 25.0 Å². The zero-order valence-corrected chi connectivity index (χ0v) is 16.5. The average molecular weight is 378 g/mol. The molecule has 0 saturated carbocycles. The maximum atomic E-state index is 5.46. The van der Waals surface area contributed by atoms with Crippen LogP contribution in [0.2, 0.25) is 0 Å². The van der Waals surface area contributed by atoms with Gasteiger partial charge in [0.05, 0.1) is 7.11 Å². The van der Waals surface area contributed by atoms with Crippen LogP contribution < -0.4 is 10.1 Å². The summed E-state index contributed by atoms with van der Waals surface area (Å²) in [5.41, 5.74) is 2.12. The summed E-state index contributed by atoms with van der Waals surface area (Å²) >= 11 is 0. The summed E-state index contributed by atoms with van der Waals surface area (Å²) in [6.45, 7) is 3.94. The Balaban J connectivity index is 1.77. The third-order valence-corrected chi connectivity index (χ3v) is 4.32. The smallest absolute Gasteiger partial charge is 0.194 e. The Morgan fingerprint density at radius 3 is 2.64 bits per heavy atom. The Morgan fingerprint density at radius 2 is 1.89 bits per heavy atom. The lowest BCUT2D eigenvalue weighted by molar-refractivity contribution is 0.396. The van der Waals surface area contributed by atoms with E-state index in [4.69, 9.17) is 9.73 Å². The monoisotopic (exact) mass is 378 g/mol. The fourth-order valence-electron chi connectivity index (χ4n) is 2.95. The summed E-state index contributed by atoms with van der Waals surface area (Å²) in [7, 11) is 3.70. The van der Waals surface area contributed by atoms with Gasteiger partial charge in [-0.05, 0) is 25.1 Å². The van der Waals surface area contributed by atoms with Crippen LogP contribution in [0.1, 0.15) is 18.3 Å². The van der Waals surface area contributed by atoms with E-state index in [1.165, 1.54) is 0 Å². The van der Waals surface area contributed by atoms with Crippen LogP contribution >= 0.6 is 0 Å². The Morgan fingerprint density at radius 1 is 1.14 bits per heavy atom. The first-order valence-electron chi connectivity index (χ1n) is 9.28. The van der Waals surface area contributed by atoms with Gasteiger partial charge < -0.3 is 15.0 Å². The van der Waals surface area contributed by atoms with E-state index in [0.717, 1.165) is 35.3 Å². The van der Waals surface area contributed by atoms with Gasteiger partial charge in [0.15, 0.2) is 11.8 Å². The molecule has 0 bridgehead atoms. The van der Waals surface area contributed by atoms with Crippen molar-refractivity contribution in [2.75, 3.05) is 20.7 Å². The van der Waals surface area contributed by atoms with Crippen molar-refractivity contribution in [1.29, 1.82) is 0 Å². The van der Waals surface area contributed by atoms with E-state index in [1.54, 1.807) is 13.4 Å². The molecule has 28 heavy (non-hydrogen) atoms. The highest BCUT2D eigenvalue weighted by atomic mass is 16.5. The molecule has 0 aliphatic carbocycles. The van der Waals surface area contributed by atoms with E-state index in [1.807, 2.05) is 60.1 Å². The van der Waals surface area contributed by atoms with Gasteiger partial charge in [0.2, 0.25) is 0 Å². The van der Waals surface area contributed by atoms with Crippen molar-refractivity contribution in [3.8, 4) is 11.4 Å². The fourth-order valence-corrected chi connectivity index (χ4v) is 2.95. The molecule has 3 rings (SSSR count). The zero-order valence-electron chi connectivity index (χ0n) is 16.5. The number of nitrogens with zero attached hydrogens (tertiary/aromatic N) is 5. The largest absolute Gasteiger partial charge is 0.496 e. The van der Waals surface area contributed by atoms with E-state index >= 15 is 0 Å². The maximum absolute atomic E-state index is 5.46. The third-order valence-electron chi connectivity index (χ3n) is 4.32. The minimum absolute atomic E-state index is 0.424. The molecule has 0 aliphatic rings. The van der Waals surface area contributed by atoms with Crippen molar-refractivity contribution in [2.45, 2.75) is 20.0 Å². The number of aromatic nitrogens is 3. The molecule has 0 amide bonds. The van der Waals surface area contributed by atoms with Crippen LogP contribution in [0.25, 0.3) is 5.69 Å². The predicted octanol–water partition coefficient (Wildman–Crippen LogP) is 2.87. The second kappa shape index (κ2) is 9.55. The normalized spacial score (nSPS) is 11.3. The lowest BCUT2D eigenvalue weighted by atomic mass is 10.2. The molecular formula is C21H26N6O. The van der Waals surface area contributed by atoms with Gasteiger partial charge in [0.1, 0.15) is 18.6 Å². The summed E-state index contributed by atoms with van der Waals surface area (Å²) in [6, 6.07) is 18.0. The highest BCUT2D eigenvalue weighted by Gasteiger charge is 2.11. The predicted molar refractivity (Wildman–Crippen MR) is 111 cm³/mol. The lowest BCUT2D eigenvalue weighted by Gasteiger charge is -2.23. The quantitative estimate of drug-likeness (QED) is 0.506. The molecule has 0 atom stereocenters. The van der Waals surface area contributed by atoms with E-state index in [9.17, 15) is 0 Å². The number of para-hydroxylation sites is 2.